The third kappa shape index (κ3) is 4.92. The molecule has 0 saturated heterocycles. The molecule has 0 saturated carbocycles. The Balaban J connectivity index is 2.45. The molecule has 0 aliphatic heterocycles. The Hall–Kier alpha value is -0.640. The van der Waals surface area contributed by atoms with Gasteiger partial charge in [-0.25, -0.2) is 4.89 Å². The molecule has 0 aromatic carbocycles. The maximum absolute atomic E-state index is 9.84. The van der Waals surface area contributed by atoms with Gasteiger partial charge in [0.25, 0.3) is 0 Å². The van der Waals surface area contributed by atoms with E-state index in [1.54, 1.807) is 0 Å². The Morgan fingerprint density at radius 3 is 2.72 bits per heavy atom. The summed E-state index contributed by atoms with van der Waals surface area (Å²) in [5.74, 6) is 1.05. The highest BCUT2D eigenvalue weighted by Crippen LogP contribution is 2.31. The summed E-state index contributed by atoms with van der Waals surface area (Å²) in [4.78, 5) is 4.36. The van der Waals surface area contributed by atoms with E-state index >= 15 is 0 Å². The molecule has 1 rings (SSSR count). The van der Waals surface area contributed by atoms with Gasteiger partial charge in [-0.05, 0) is 51.9 Å². The maximum atomic E-state index is 9.84. The number of hydrogen-bond acceptors (Lipinski definition) is 3. The van der Waals surface area contributed by atoms with E-state index in [0.29, 0.717) is 11.8 Å². The Kier molecular flexibility index (Phi) is 5.14. The van der Waals surface area contributed by atoms with E-state index in [1.165, 1.54) is 0 Å². The lowest BCUT2D eigenvalue weighted by Crippen LogP contribution is -2.27. The first-order chi connectivity index (χ1) is 8.26. The van der Waals surface area contributed by atoms with Crippen LogP contribution in [0.2, 0.25) is 0 Å². The van der Waals surface area contributed by atoms with Crippen molar-refractivity contribution in [3.8, 4) is 0 Å². The summed E-state index contributed by atoms with van der Waals surface area (Å²) in [6.45, 7) is 7.69. The first-order valence-corrected chi connectivity index (χ1v) is 6.68. The molecule has 0 aromatic heterocycles. The van der Waals surface area contributed by atoms with Crippen LogP contribution in [-0.2, 0) is 4.89 Å². The summed E-state index contributed by atoms with van der Waals surface area (Å²) in [5.41, 5.74) is -1.25. The largest absolute Gasteiger partial charge is 0.386 e. The molecule has 0 radical (unpaired) electrons. The van der Waals surface area contributed by atoms with E-state index < -0.39 is 11.2 Å². The summed E-state index contributed by atoms with van der Waals surface area (Å²) in [7, 11) is 0. The molecule has 0 spiro atoms. The Morgan fingerprint density at radius 1 is 1.56 bits per heavy atom. The number of allylic oxidation sites excluding steroid dienone is 2. The molecule has 3 heteroatoms. The zero-order chi connectivity index (χ0) is 13.8. The van der Waals surface area contributed by atoms with Gasteiger partial charge in [0.1, 0.15) is 5.60 Å². The summed E-state index contributed by atoms with van der Waals surface area (Å²) in [6.07, 6.45) is 10.8. The van der Waals surface area contributed by atoms with Gasteiger partial charge in [-0.15, -0.1) is 0 Å². The molecule has 0 heterocycles. The van der Waals surface area contributed by atoms with E-state index in [0.717, 1.165) is 19.3 Å². The minimum atomic E-state index is -0.626. The van der Waals surface area contributed by atoms with Crippen molar-refractivity contribution in [2.45, 2.75) is 58.2 Å². The summed E-state index contributed by atoms with van der Waals surface area (Å²) in [6, 6.07) is 0. The van der Waals surface area contributed by atoms with Gasteiger partial charge in [-0.1, -0.05) is 31.2 Å². The van der Waals surface area contributed by atoms with Gasteiger partial charge in [0, 0.05) is 0 Å². The molecule has 2 N–H and O–H groups in total. The normalized spacial score (nSPS) is 30.9. The molecule has 0 bridgehead atoms. The molecule has 104 valence electrons. The SMILES string of the molecule is C[C@@H](C/C=C/C(C)(C)OO)[C@@H]1C=C[C@@](C)(O)CC1. The Labute approximate surface area is 110 Å². The molecule has 1 aliphatic rings. The fourth-order valence-electron chi connectivity index (χ4n) is 2.22. The fourth-order valence-corrected chi connectivity index (χ4v) is 2.22. The quantitative estimate of drug-likeness (QED) is 0.448. The summed E-state index contributed by atoms with van der Waals surface area (Å²) < 4.78 is 0. The molecule has 0 amide bonds. The van der Waals surface area contributed by atoms with Crippen molar-refractivity contribution >= 4 is 0 Å². The maximum Gasteiger partial charge on any atom is 0.116 e. The van der Waals surface area contributed by atoms with Gasteiger partial charge < -0.3 is 5.11 Å². The molecule has 0 fully saturated rings. The van der Waals surface area contributed by atoms with E-state index in [9.17, 15) is 5.11 Å². The molecule has 3 nitrogen and oxygen atoms in total. The van der Waals surface area contributed by atoms with Crippen molar-refractivity contribution in [3.05, 3.63) is 24.3 Å². The molecule has 3 atom stereocenters. The molecular weight excluding hydrogens is 228 g/mol. The first kappa shape index (κ1) is 15.4. The van der Waals surface area contributed by atoms with Crippen LogP contribution in [0.4, 0.5) is 0 Å². The first-order valence-electron chi connectivity index (χ1n) is 6.68. The average molecular weight is 254 g/mol. The molecule has 18 heavy (non-hydrogen) atoms. The predicted octanol–water partition coefficient (Wildman–Crippen LogP) is 3.55. The Morgan fingerprint density at radius 2 is 2.22 bits per heavy atom. The topological polar surface area (TPSA) is 49.7 Å². The zero-order valence-electron chi connectivity index (χ0n) is 11.9. The van der Waals surface area contributed by atoms with Crippen LogP contribution in [-0.4, -0.2) is 21.6 Å². The van der Waals surface area contributed by atoms with E-state index in [4.69, 9.17) is 5.26 Å². The van der Waals surface area contributed by atoms with Crippen LogP contribution in [0.5, 0.6) is 0 Å². The third-order valence-corrected chi connectivity index (χ3v) is 3.68. The zero-order valence-corrected chi connectivity index (χ0v) is 11.9. The lowest BCUT2D eigenvalue weighted by molar-refractivity contribution is -0.297. The number of rotatable bonds is 5. The number of aliphatic hydroxyl groups is 1. The van der Waals surface area contributed by atoms with Crippen LogP contribution in [0, 0.1) is 11.8 Å². The highest BCUT2D eigenvalue weighted by molar-refractivity contribution is 5.07. The van der Waals surface area contributed by atoms with Crippen LogP contribution in [0.15, 0.2) is 24.3 Å². The van der Waals surface area contributed by atoms with Gasteiger partial charge in [-0.2, -0.15) is 0 Å². The monoisotopic (exact) mass is 254 g/mol. The second-order valence-electron chi connectivity index (χ2n) is 6.23. The standard InChI is InChI=1S/C15H26O3/c1-12(6-5-9-14(2,3)18-17)13-7-10-15(4,16)11-8-13/h5,7,9-10,12-13,16-17H,6,8,11H2,1-4H3/b9-5+/t12-,13+,15+/m0/s1. The van der Waals surface area contributed by atoms with Crippen molar-refractivity contribution in [1.29, 1.82) is 0 Å². The van der Waals surface area contributed by atoms with Crippen molar-refractivity contribution in [2.24, 2.45) is 11.8 Å². The Bertz CT molecular complexity index is 316. The smallest absolute Gasteiger partial charge is 0.116 e. The van der Waals surface area contributed by atoms with Gasteiger partial charge in [-0.3, -0.25) is 5.26 Å². The molecule has 0 unspecified atom stereocenters. The van der Waals surface area contributed by atoms with Crippen molar-refractivity contribution in [2.75, 3.05) is 0 Å². The van der Waals surface area contributed by atoms with Crippen molar-refractivity contribution < 1.29 is 15.3 Å². The fraction of sp³-hybridized carbons (Fsp3) is 0.733. The van der Waals surface area contributed by atoms with Crippen LogP contribution in [0.3, 0.4) is 0 Å². The van der Waals surface area contributed by atoms with Crippen molar-refractivity contribution in [3.63, 3.8) is 0 Å². The molecule has 0 aromatic rings. The third-order valence-electron chi connectivity index (χ3n) is 3.68. The minimum absolute atomic E-state index is 0.521. The predicted molar refractivity (Wildman–Crippen MR) is 73.2 cm³/mol. The van der Waals surface area contributed by atoms with Crippen LogP contribution in [0.25, 0.3) is 0 Å². The second kappa shape index (κ2) is 6.00. The highest BCUT2D eigenvalue weighted by Gasteiger charge is 2.25. The van der Waals surface area contributed by atoms with Crippen molar-refractivity contribution in [1.82, 2.24) is 0 Å². The number of hydrogen-bond donors (Lipinski definition) is 2. The van der Waals surface area contributed by atoms with Crippen LogP contribution >= 0.6 is 0 Å². The van der Waals surface area contributed by atoms with Crippen LogP contribution in [0.1, 0.15) is 47.0 Å². The highest BCUT2D eigenvalue weighted by atomic mass is 17.1. The van der Waals surface area contributed by atoms with E-state index in [1.807, 2.05) is 32.9 Å². The van der Waals surface area contributed by atoms with Crippen LogP contribution < -0.4 is 0 Å². The molecular formula is C15H26O3. The lowest BCUT2D eigenvalue weighted by atomic mass is 9.79. The van der Waals surface area contributed by atoms with E-state index in [-0.39, 0.29) is 0 Å². The average Bonchev–Trinajstić information content (AvgIpc) is 2.28. The molecule has 1 aliphatic carbocycles. The van der Waals surface area contributed by atoms with E-state index in [2.05, 4.69) is 24.0 Å². The van der Waals surface area contributed by atoms with Gasteiger partial charge in [0.15, 0.2) is 0 Å². The summed E-state index contributed by atoms with van der Waals surface area (Å²) in [5, 5.41) is 18.5. The van der Waals surface area contributed by atoms with Gasteiger partial charge in [0.05, 0.1) is 5.60 Å². The lowest BCUT2D eigenvalue weighted by Gasteiger charge is -2.30. The summed E-state index contributed by atoms with van der Waals surface area (Å²) >= 11 is 0. The van der Waals surface area contributed by atoms with Gasteiger partial charge >= 0.3 is 0 Å². The minimum Gasteiger partial charge on any atom is -0.386 e. The van der Waals surface area contributed by atoms with Gasteiger partial charge in [0.2, 0.25) is 0 Å². The second-order valence-corrected chi connectivity index (χ2v) is 6.23.